The smallest absolute Gasteiger partial charge is 0.294 e. The minimum Gasteiger partial charge on any atom is -1.00 e. The molecule has 5 nitrogen and oxygen atoms in total. The summed E-state index contributed by atoms with van der Waals surface area (Å²) in [5.41, 5.74) is 1.78. The van der Waals surface area contributed by atoms with Gasteiger partial charge in [0.25, 0.3) is 11.8 Å². The molecule has 1 aliphatic rings. The molecule has 0 radical (unpaired) electrons. The summed E-state index contributed by atoms with van der Waals surface area (Å²) in [5.74, 6) is -0.451. The number of nitrogens with one attached hydrogen (secondary N) is 1. The summed E-state index contributed by atoms with van der Waals surface area (Å²) in [6.07, 6.45) is 1.83. The van der Waals surface area contributed by atoms with E-state index in [1.807, 2.05) is 60.2 Å². The predicted octanol–water partition coefficient (Wildman–Crippen LogP) is 0.841. The van der Waals surface area contributed by atoms with Gasteiger partial charge in [0, 0.05) is 28.5 Å². The molecule has 1 aromatic heterocycles. The van der Waals surface area contributed by atoms with Crippen LogP contribution >= 0.6 is 11.6 Å². The van der Waals surface area contributed by atoms with E-state index in [1.165, 1.54) is 0 Å². The number of carbonyl (C=O) groups is 2. The van der Waals surface area contributed by atoms with Crippen LogP contribution in [0.15, 0.2) is 72.9 Å². The molecular weight excluding hydrogens is 513 g/mol. The van der Waals surface area contributed by atoms with Crippen LogP contribution in [0.3, 0.4) is 0 Å². The molecule has 7 heteroatoms. The molecule has 0 saturated carbocycles. The average Bonchev–Trinajstić information content (AvgIpc) is 2.71. The molecule has 0 aliphatic carbocycles. The van der Waals surface area contributed by atoms with Crippen molar-refractivity contribution in [3.63, 3.8) is 0 Å². The maximum atomic E-state index is 13.7. The Morgan fingerprint density at radius 1 is 1.07 bits per heavy atom. The third kappa shape index (κ3) is 3.81. The number of pyridine rings is 1. The van der Waals surface area contributed by atoms with Crippen molar-refractivity contribution in [1.29, 1.82) is 0 Å². The number of aromatic nitrogens is 1. The van der Waals surface area contributed by atoms with Gasteiger partial charge in [0.2, 0.25) is 17.8 Å². The normalized spacial score (nSPS) is 17.7. The second kappa shape index (κ2) is 8.73. The average molecular weight is 534 g/mol. The van der Waals surface area contributed by atoms with Gasteiger partial charge in [-0.2, -0.15) is 4.57 Å². The largest absolute Gasteiger partial charge is 1.00 e. The van der Waals surface area contributed by atoms with Gasteiger partial charge in [0.05, 0.1) is 0 Å². The number of aryl methyl sites for hydroxylation is 1. The number of hydrogen-bond donors (Lipinski definition) is 1. The second-order valence-corrected chi connectivity index (χ2v) is 7.70. The first kappa shape index (κ1) is 22.2. The van der Waals surface area contributed by atoms with Crippen LogP contribution in [0.4, 0.5) is 11.4 Å². The topological polar surface area (TPSA) is 53.3 Å². The highest BCUT2D eigenvalue weighted by molar-refractivity contribution is 6.30. The Morgan fingerprint density at radius 2 is 1.73 bits per heavy atom. The Labute approximate surface area is 197 Å². The predicted molar refractivity (Wildman–Crippen MR) is 113 cm³/mol. The van der Waals surface area contributed by atoms with Crippen molar-refractivity contribution in [2.75, 3.05) is 10.2 Å². The SMILES string of the molecule is Cc1ccccc1NC(=O)C1(C)c2cccc[n+]2CC(=O)N1c1ccc(Cl)cc1.[I-]. The zero-order valence-corrected chi connectivity index (χ0v) is 19.5. The maximum absolute atomic E-state index is 13.7. The molecule has 4 rings (SSSR count). The van der Waals surface area contributed by atoms with Crippen LogP contribution in [0.2, 0.25) is 5.02 Å². The fourth-order valence-electron chi connectivity index (χ4n) is 3.80. The van der Waals surface area contributed by atoms with Crippen molar-refractivity contribution in [2.24, 2.45) is 0 Å². The van der Waals surface area contributed by atoms with Gasteiger partial charge in [0.15, 0.2) is 6.20 Å². The van der Waals surface area contributed by atoms with E-state index in [0.29, 0.717) is 10.7 Å². The van der Waals surface area contributed by atoms with E-state index in [4.69, 9.17) is 11.6 Å². The van der Waals surface area contributed by atoms with E-state index in [1.54, 1.807) is 36.1 Å². The molecular formula is C23H21ClIN3O2. The highest BCUT2D eigenvalue weighted by Gasteiger charge is 2.54. The number of carbonyl (C=O) groups excluding carboxylic acids is 2. The van der Waals surface area contributed by atoms with E-state index in [9.17, 15) is 9.59 Å². The lowest BCUT2D eigenvalue weighted by Gasteiger charge is -2.40. The van der Waals surface area contributed by atoms with Crippen LogP contribution in [-0.4, -0.2) is 11.8 Å². The first-order chi connectivity index (χ1) is 13.9. The van der Waals surface area contributed by atoms with Crippen LogP contribution in [0.5, 0.6) is 0 Å². The molecule has 2 aromatic carbocycles. The van der Waals surface area contributed by atoms with Crippen LogP contribution in [-0.2, 0) is 21.7 Å². The first-order valence-corrected chi connectivity index (χ1v) is 9.73. The van der Waals surface area contributed by atoms with Gasteiger partial charge in [0.1, 0.15) is 0 Å². The quantitative estimate of drug-likeness (QED) is 0.401. The van der Waals surface area contributed by atoms with Crippen LogP contribution in [0, 0.1) is 6.92 Å². The van der Waals surface area contributed by atoms with Crippen molar-refractivity contribution in [1.82, 2.24) is 0 Å². The Hall–Kier alpha value is -2.45. The van der Waals surface area contributed by atoms with Gasteiger partial charge in [-0.1, -0.05) is 35.9 Å². The second-order valence-electron chi connectivity index (χ2n) is 7.26. The summed E-state index contributed by atoms with van der Waals surface area (Å²) in [4.78, 5) is 28.4. The Balaban J connectivity index is 0.00000256. The van der Waals surface area contributed by atoms with Crippen molar-refractivity contribution >= 4 is 34.8 Å². The summed E-state index contributed by atoms with van der Waals surface area (Å²) >= 11 is 6.04. The molecule has 1 unspecified atom stereocenters. The van der Waals surface area contributed by atoms with Crippen LogP contribution in [0.1, 0.15) is 18.2 Å². The molecule has 2 heterocycles. The third-order valence-electron chi connectivity index (χ3n) is 5.36. The highest BCUT2D eigenvalue weighted by Crippen LogP contribution is 2.36. The zero-order valence-electron chi connectivity index (χ0n) is 16.6. The lowest BCUT2D eigenvalue weighted by atomic mass is 9.89. The standard InChI is InChI=1S/C23H20ClN3O2.HI/c1-16-7-3-4-8-19(16)25-22(29)23(2)20-9-5-6-14-26(20)15-21(28)27(23)18-12-10-17(24)11-13-18;/h3-14H,15H2,1-2H3;1H. The summed E-state index contributed by atoms with van der Waals surface area (Å²) in [5, 5.41) is 3.59. The molecule has 1 atom stereocenters. The molecule has 1 aliphatic heterocycles. The van der Waals surface area contributed by atoms with Crippen LogP contribution < -0.4 is 38.8 Å². The molecule has 0 bridgehead atoms. The molecule has 0 saturated heterocycles. The Kier molecular flexibility index (Phi) is 6.47. The van der Waals surface area contributed by atoms with Crippen molar-refractivity contribution in [3.05, 3.63) is 89.2 Å². The van der Waals surface area contributed by atoms with Crippen molar-refractivity contribution in [2.45, 2.75) is 25.9 Å². The van der Waals surface area contributed by atoms with Gasteiger partial charge in [-0.15, -0.1) is 0 Å². The molecule has 30 heavy (non-hydrogen) atoms. The van der Waals surface area contributed by atoms with Gasteiger partial charge < -0.3 is 29.3 Å². The van der Waals surface area contributed by atoms with Crippen molar-refractivity contribution < 1.29 is 38.1 Å². The summed E-state index contributed by atoms with van der Waals surface area (Å²) in [7, 11) is 0. The summed E-state index contributed by atoms with van der Waals surface area (Å²) in [6, 6.07) is 20.2. The molecule has 0 fully saturated rings. The lowest BCUT2D eigenvalue weighted by Crippen LogP contribution is -3.00. The third-order valence-corrected chi connectivity index (χ3v) is 5.61. The first-order valence-electron chi connectivity index (χ1n) is 9.36. The number of rotatable bonds is 3. The number of halogens is 2. The van der Waals surface area contributed by atoms with Crippen molar-refractivity contribution in [3.8, 4) is 0 Å². The lowest BCUT2D eigenvalue weighted by molar-refractivity contribution is -0.697. The maximum Gasteiger partial charge on any atom is 0.294 e. The molecule has 1 N–H and O–H groups in total. The van der Waals surface area contributed by atoms with E-state index >= 15 is 0 Å². The van der Waals surface area contributed by atoms with Gasteiger partial charge in [-0.05, 0) is 49.7 Å². The van der Waals surface area contributed by atoms with E-state index in [-0.39, 0.29) is 42.3 Å². The summed E-state index contributed by atoms with van der Waals surface area (Å²) < 4.78 is 1.83. The minimum absolute atomic E-state index is 0. The van der Waals surface area contributed by atoms with Gasteiger partial charge in [-0.25, -0.2) is 0 Å². The Morgan fingerprint density at radius 3 is 2.43 bits per heavy atom. The number of hydrogen-bond acceptors (Lipinski definition) is 2. The number of para-hydroxylation sites is 1. The molecule has 0 spiro atoms. The number of benzene rings is 2. The number of fused-ring (bicyclic) bond motifs is 1. The molecule has 2 amide bonds. The van der Waals surface area contributed by atoms with Gasteiger partial charge >= 0.3 is 0 Å². The number of nitrogens with zero attached hydrogens (tertiary/aromatic N) is 2. The van der Waals surface area contributed by atoms with E-state index in [0.717, 1.165) is 16.9 Å². The number of amides is 2. The Bertz CT molecular complexity index is 1100. The number of anilines is 2. The monoisotopic (exact) mass is 533 g/mol. The molecule has 154 valence electrons. The van der Waals surface area contributed by atoms with Crippen LogP contribution in [0.25, 0.3) is 0 Å². The fourth-order valence-corrected chi connectivity index (χ4v) is 3.93. The highest BCUT2D eigenvalue weighted by atomic mass is 127. The van der Waals surface area contributed by atoms with Gasteiger partial charge in [-0.3, -0.25) is 14.5 Å². The zero-order chi connectivity index (χ0) is 20.6. The van der Waals surface area contributed by atoms with E-state index < -0.39 is 5.54 Å². The van der Waals surface area contributed by atoms with E-state index in [2.05, 4.69) is 5.32 Å². The molecule has 3 aromatic rings. The minimum atomic E-state index is -1.24. The summed E-state index contributed by atoms with van der Waals surface area (Å²) in [6.45, 7) is 3.87. The fraction of sp³-hybridized carbons (Fsp3) is 0.174.